The fourth-order valence-corrected chi connectivity index (χ4v) is 6.03. The third kappa shape index (κ3) is 5.47. The lowest BCUT2D eigenvalue weighted by molar-refractivity contribution is 0.188. The van der Waals surface area contributed by atoms with Crippen molar-refractivity contribution in [2.24, 2.45) is 0 Å². The molecular weight excluding hydrogens is 444 g/mol. The van der Waals surface area contributed by atoms with Crippen molar-refractivity contribution >= 4 is 31.8 Å². The Morgan fingerprint density at radius 2 is 2.07 bits per heavy atom. The summed E-state index contributed by atoms with van der Waals surface area (Å²) in [5.41, 5.74) is 2.99. The average Bonchev–Trinajstić information content (AvgIpc) is 2.90. The van der Waals surface area contributed by atoms with Crippen LogP contribution in [0.5, 0.6) is 5.75 Å². The van der Waals surface area contributed by atoms with Gasteiger partial charge in [-0.2, -0.15) is 0 Å². The van der Waals surface area contributed by atoms with Crippen molar-refractivity contribution in [3.05, 3.63) is 45.0 Å². The van der Waals surface area contributed by atoms with E-state index in [-0.39, 0.29) is 11.5 Å². The smallest absolute Gasteiger partial charge is 0.163 e. The van der Waals surface area contributed by atoms with E-state index in [1.165, 1.54) is 0 Å². The largest absolute Gasteiger partial charge is 0.507 e. The zero-order valence-corrected chi connectivity index (χ0v) is 18.8. The van der Waals surface area contributed by atoms with Gasteiger partial charge in [0.1, 0.15) is 11.0 Å². The number of aromatic hydroxyl groups is 1. The lowest BCUT2D eigenvalue weighted by Crippen LogP contribution is -2.29. The predicted octanol–water partition coefficient (Wildman–Crippen LogP) is 3.98. The average molecular weight is 473 g/mol. The Bertz CT molecular complexity index is 858. The molecule has 0 saturated heterocycles. The third-order valence-electron chi connectivity index (χ3n) is 5.18. The number of hydrogen-bond donors (Lipinski definition) is 3. The molecule has 28 heavy (non-hydrogen) atoms. The van der Waals surface area contributed by atoms with E-state index in [0.717, 1.165) is 28.5 Å². The molecule has 0 spiro atoms. The Balaban J connectivity index is 2.20. The van der Waals surface area contributed by atoms with E-state index >= 15 is 0 Å². The molecule has 0 bridgehead atoms. The number of aliphatic hydroxyl groups excluding tert-OH is 2. The highest BCUT2D eigenvalue weighted by atomic mass is 79.9. The maximum Gasteiger partial charge on any atom is 0.163 e. The molecule has 0 aromatic heterocycles. The molecule has 1 aromatic carbocycles. The molecule has 1 aliphatic heterocycles. The number of hydrogen-bond acceptors (Lipinski definition) is 5. The summed E-state index contributed by atoms with van der Waals surface area (Å²) in [6, 6.07) is 5.21. The lowest BCUT2D eigenvalue weighted by atomic mass is 9.92. The van der Waals surface area contributed by atoms with Crippen LogP contribution in [0.1, 0.15) is 51.5 Å². The van der Waals surface area contributed by atoms with Crippen molar-refractivity contribution in [3.8, 4) is 5.75 Å². The summed E-state index contributed by atoms with van der Waals surface area (Å²) in [5.74, 6) is 0.116. The number of phenolic OH excluding ortho intramolecular Hbond substituents is 1. The first-order valence-electron chi connectivity index (χ1n) is 9.63. The van der Waals surface area contributed by atoms with Crippen LogP contribution in [0.2, 0.25) is 0 Å². The van der Waals surface area contributed by atoms with Gasteiger partial charge in [-0.1, -0.05) is 53.4 Å². The van der Waals surface area contributed by atoms with Crippen molar-refractivity contribution in [2.45, 2.75) is 57.3 Å². The summed E-state index contributed by atoms with van der Waals surface area (Å²) in [5, 5.41) is 29.4. The number of phenols is 1. The van der Waals surface area contributed by atoms with Gasteiger partial charge in [-0.05, 0) is 49.5 Å². The topological polar surface area (TPSA) is 94.8 Å². The van der Waals surface area contributed by atoms with Crippen LogP contribution in [0.25, 0.3) is 6.08 Å². The molecule has 1 aliphatic rings. The first-order valence-corrected chi connectivity index (χ1v) is 12.1. The number of rotatable bonds is 9. The second-order valence-electron chi connectivity index (χ2n) is 7.20. The van der Waals surface area contributed by atoms with E-state index in [0.29, 0.717) is 30.4 Å². The number of halogens is 1. The summed E-state index contributed by atoms with van der Waals surface area (Å²) in [6.45, 7) is 3.48. The zero-order valence-electron chi connectivity index (χ0n) is 16.4. The first-order chi connectivity index (χ1) is 13.2. The van der Waals surface area contributed by atoms with E-state index in [1.807, 2.05) is 26.0 Å². The van der Waals surface area contributed by atoms with Gasteiger partial charge in [-0.15, -0.1) is 0 Å². The van der Waals surface area contributed by atoms with E-state index in [9.17, 15) is 23.7 Å². The van der Waals surface area contributed by atoms with Crippen LogP contribution in [0.3, 0.4) is 0 Å². The van der Waals surface area contributed by atoms with Crippen LogP contribution in [-0.2, 0) is 9.84 Å². The summed E-state index contributed by atoms with van der Waals surface area (Å²) in [4.78, 5) is 0. The highest BCUT2D eigenvalue weighted by Crippen LogP contribution is 2.34. The fourth-order valence-electron chi connectivity index (χ4n) is 3.72. The molecule has 5 nitrogen and oxygen atoms in total. The Kier molecular flexibility index (Phi) is 8.30. The monoisotopic (exact) mass is 472 g/mol. The molecule has 7 heteroatoms. The van der Waals surface area contributed by atoms with E-state index in [4.69, 9.17) is 0 Å². The number of allylic oxidation sites excluding steroid dienone is 1. The van der Waals surface area contributed by atoms with Crippen LogP contribution in [0.15, 0.2) is 39.4 Å². The molecule has 0 aliphatic carbocycles. The van der Waals surface area contributed by atoms with E-state index in [2.05, 4.69) is 15.9 Å². The van der Waals surface area contributed by atoms with Crippen molar-refractivity contribution in [1.82, 2.24) is 0 Å². The van der Waals surface area contributed by atoms with E-state index in [1.54, 1.807) is 12.1 Å². The SMILES string of the molecule is CCCC1=C([C@H](O)CC/C(=C/c2cc(Br)ccc2O)CC)[C@H](CO)S(=O)(=O)C1. The molecule has 0 amide bonds. The van der Waals surface area contributed by atoms with Gasteiger partial charge < -0.3 is 15.3 Å². The maximum absolute atomic E-state index is 12.3. The Morgan fingerprint density at radius 3 is 2.68 bits per heavy atom. The summed E-state index contributed by atoms with van der Waals surface area (Å²) < 4.78 is 25.5. The Hall–Kier alpha value is -1.15. The van der Waals surface area contributed by atoms with Gasteiger partial charge in [0.2, 0.25) is 0 Å². The molecule has 2 atom stereocenters. The standard InChI is InChI=1S/C21H29BrO5S/c1-3-5-15-13-28(26,27)20(12-23)21(15)19(25)8-6-14(4-2)10-16-11-17(22)7-9-18(16)24/h7,9-11,19-20,23-25H,3-6,8,12-13H2,1-2H3/b14-10+/t19-,20+/m1/s1. The van der Waals surface area contributed by atoms with Gasteiger partial charge in [0.05, 0.1) is 18.5 Å². The minimum atomic E-state index is -3.44. The molecule has 0 fully saturated rings. The molecule has 2 rings (SSSR count). The number of aliphatic hydroxyl groups is 2. The Labute approximate surface area is 175 Å². The molecule has 156 valence electrons. The van der Waals surface area contributed by atoms with Crippen LogP contribution in [-0.4, -0.2) is 47.5 Å². The highest BCUT2D eigenvalue weighted by Gasteiger charge is 2.40. The minimum Gasteiger partial charge on any atom is -0.507 e. The van der Waals surface area contributed by atoms with Crippen LogP contribution in [0.4, 0.5) is 0 Å². The summed E-state index contributed by atoms with van der Waals surface area (Å²) >= 11 is 3.39. The predicted molar refractivity (Wildman–Crippen MR) is 116 cm³/mol. The molecule has 3 N–H and O–H groups in total. The molecule has 1 aromatic rings. The van der Waals surface area contributed by atoms with E-state index < -0.39 is 27.8 Å². The molecule has 1 heterocycles. The number of benzene rings is 1. The van der Waals surface area contributed by atoms with Gasteiger partial charge in [-0.3, -0.25) is 0 Å². The number of sulfone groups is 1. The lowest BCUT2D eigenvalue weighted by Gasteiger charge is -2.19. The van der Waals surface area contributed by atoms with Crippen LogP contribution >= 0.6 is 15.9 Å². The quantitative estimate of drug-likeness (QED) is 0.472. The zero-order chi connectivity index (χ0) is 20.9. The summed E-state index contributed by atoms with van der Waals surface area (Å²) in [7, 11) is -3.44. The van der Waals surface area contributed by atoms with Gasteiger partial charge in [-0.25, -0.2) is 8.42 Å². The first kappa shape index (κ1) is 23.1. The van der Waals surface area contributed by atoms with Gasteiger partial charge in [0.15, 0.2) is 9.84 Å². The fraction of sp³-hybridized carbons (Fsp3) is 0.524. The van der Waals surface area contributed by atoms with Crippen molar-refractivity contribution in [3.63, 3.8) is 0 Å². The molecule has 0 radical (unpaired) electrons. The van der Waals surface area contributed by atoms with Crippen molar-refractivity contribution < 1.29 is 23.7 Å². The third-order valence-corrected chi connectivity index (χ3v) is 7.70. The maximum atomic E-state index is 12.3. The normalized spacial score (nSPS) is 20.6. The highest BCUT2D eigenvalue weighted by molar-refractivity contribution is 9.10. The van der Waals surface area contributed by atoms with Crippen LogP contribution < -0.4 is 0 Å². The van der Waals surface area contributed by atoms with Gasteiger partial charge in [0.25, 0.3) is 0 Å². The second kappa shape index (κ2) is 10.1. The summed E-state index contributed by atoms with van der Waals surface area (Å²) in [6.07, 6.45) is 4.12. The van der Waals surface area contributed by atoms with Gasteiger partial charge >= 0.3 is 0 Å². The molecule has 0 unspecified atom stereocenters. The van der Waals surface area contributed by atoms with Crippen molar-refractivity contribution in [1.29, 1.82) is 0 Å². The molecular formula is C21H29BrO5S. The minimum absolute atomic E-state index is 0.0686. The van der Waals surface area contributed by atoms with Crippen molar-refractivity contribution in [2.75, 3.05) is 12.4 Å². The second-order valence-corrected chi connectivity index (χ2v) is 10.3. The van der Waals surface area contributed by atoms with Gasteiger partial charge in [0, 0.05) is 10.0 Å². The molecule has 0 saturated carbocycles. The Morgan fingerprint density at radius 1 is 1.36 bits per heavy atom. The van der Waals surface area contributed by atoms with Crippen LogP contribution in [0, 0.1) is 0 Å².